The predicted octanol–water partition coefficient (Wildman–Crippen LogP) is 2.47. The van der Waals surface area contributed by atoms with Crippen molar-refractivity contribution < 1.29 is 22.7 Å². The van der Waals surface area contributed by atoms with Gasteiger partial charge in [0.1, 0.15) is 10.4 Å². The molecule has 0 aliphatic heterocycles. The average molecular weight is 331 g/mol. The number of rotatable bonds is 3. The van der Waals surface area contributed by atoms with Crippen molar-refractivity contribution in [3.05, 3.63) is 28.2 Å². The molecule has 2 atom stereocenters. The van der Waals surface area contributed by atoms with Crippen LogP contribution >= 0.6 is 15.9 Å². The summed E-state index contributed by atoms with van der Waals surface area (Å²) in [5.41, 5.74) is 3.56. The molecule has 0 amide bonds. The van der Waals surface area contributed by atoms with Gasteiger partial charge < -0.3 is 10.8 Å². The Hall–Kier alpha value is -0.730. The number of aromatic nitrogens is 1. The molecule has 3 N–H and O–H groups in total. The van der Waals surface area contributed by atoms with Crippen molar-refractivity contribution >= 4 is 15.9 Å². The molecule has 0 spiro atoms. The van der Waals surface area contributed by atoms with Crippen LogP contribution < -0.4 is 5.73 Å². The lowest BCUT2D eigenvalue weighted by molar-refractivity contribution is -0.209. The zero-order valence-corrected chi connectivity index (χ0v) is 10.9. The quantitative estimate of drug-likeness (QED) is 0.661. The predicted molar refractivity (Wildman–Crippen MR) is 60.1 cm³/mol. The molecule has 0 aromatic carbocycles. The second kappa shape index (κ2) is 5.10. The van der Waals surface area contributed by atoms with Crippen LogP contribution in [-0.2, 0) is 5.54 Å². The monoisotopic (exact) mass is 330 g/mol. The maximum absolute atomic E-state index is 13.5. The van der Waals surface area contributed by atoms with E-state index in [1.807, 2.05) is 0 Å². The highest BCUT2D eigenvalue weighted by Crippen LogP contribution is 2.31. The minimum atomic E-state index is -4.80. The largest absolute Gasteiger partial charge is 0.414 e. The Morgan fingerprint density at radius 3 is 2.50 bits per heavy atom. The van der Waals surface area contributed by atoms with E-state index in [2.05, 4.69) is 20.9 Å². The van der Waals surface area contributed by atoms with Gasteiger partial charge in [0.05, 0.1) is 11.2 Å². The molecule has 1 aromatic rings. The number of aliphatic hydroxyl groups excluding tert-OH is 1. The lowest BCUT2D eigenvalue weighted by Crippen LogP contribution is -2.43. The molecule has 0 bridgehead atoms. The van der Waals surface area contributed by atoms with Crippen molar-refractivity contribution in [2.24, 2.45) is 5.73 Å². The zero-order valence-electron chi connectivity index (χ0n) is 9.30. The Bertz CT molecular complexity index is 436. The van der Waals surface area contributed by atoms with E-state index in [0.717, 1.165) is 6.07 Å². The first-order valence-electron chi connectivity index (χ1n) is 4.90. The van der Waals surface area contributed by atoms with Crippen LogP contribution in [0.3, 0.4) is 0 Å². The van der Waals surface area contributed by atoms with Crippen LogP contribution in [-0.4, -0.2) is 22.4 Å². The summed E-state index contributed by atoms with van der Waals surface area (Å²) in [6.45, 7) is 1.18. The molecule has 8 heteroatoms. The minimum absolute atomic E-state index is 0.247. The van der Waals surface area contributed by atoms with E-state index in [1.165, 1.54) is 13.0 Å². The first kappa shape index (κ1) is 15.3. The topological polar surface area (TPSA) is 59.1 Å². The van der Waals surface area contributed by atoms with Crippen molar-refractivity contribution in [3.8, 4) is 0 Å². The summed E-state index contributed by atoms with van der Waals surface area (Å²) < 4.78 is 50.5. The lowest BCUT2D eigenvalue weighted by Gasteiger charge is -2.28. The molecular formula is C10H11BrF4N2O. The van der Waals surface area contributed by atoms with E-state index in [0.29, 0.717) is 0 Å². The van der Waals surface area contributed by atoms with Gasteiger partial charge in [-0.25, -0.2) is 9.37 Å². The minimum Gasteiger partial charge on any atom is -0.384 e. The fraction of sp³-hybridized carbons (Fsp3) is 0.500. The zero-order chi connectivity index (χ0) is 14.1. The number of aliphatic hydroxyl groups is 1. The highest BCUT2D eigenvalue weighted by Gasteiger charge is 2.43. The van der Waals surface area contributed by atoms with Crippen LogP contribution in [0.1, 0.15) is 19.0 Å². The van der Waals surface area contributed by atoms with Crippen LogP contribution in [0.25, 0.3) is 0 Å². The SMILES string of the molecule is CC(N)(CC(O)C(F)(F)F)c1nc(Br)ccc1F. The summed E-state index contributed by atoms with van der Waals surface area (Å²) in [6, 6.07) is 2.34. The van der Waals surface area contributed by atoms with E-state index in [4.69, 9.17) is 10.8 Å². The van der Waals surface area contributed by atoms with E-state index >= 15 is 0 Å². The molecule has 3 nitrogen and oxygen atoms in total. The Labute approximate surface area is 109 Å². The molecule has 102 valence electrons. The molecule has 1 aromatic heterocycles. The molecule has 1 rings (SSSR count). The number of pyridine rings is 1. The summed E-state index contributed by atoms with van der Waals surface area (Å²) in [6.07, 6.45) is -8.31. The molecule has 18 heavy (non-hydrogen) atoms. The number of nitrogens with two attached hydrogens (primary N) is 1. The highest BCUT2D eigenvalue weighted by molar-refractivity contribution is 9.10. The van der Waals surface area contributed by atoms with Gasteiger partial charge in [-0.1, -0.05) is 0 Å². The van der Waals surface area contributed by atoms with Gasteiger partial charge in [0.2, 0.25) is 0 Å². The number of halogens is 5. The summed E-state index contributed by atoms with van der Waals surface area (Å²) in [5, 5.41) is 8.98. The molecule has 0 radical (unpaired) electrons. The fourth-order valence-electron chi connectivity index (χ4n) is 1.43. The lowest BCUT2D eigenvalue weighted by atomic mass is 9.90. The molecule has 0 saturated heterocycles. The van der Waals surface area contributed by atoms with Gasteiger partial charge in [0.25, 0.3) is 0 Å². The van der Waals surface area contributed by atoms with Crippen LogP contribution in [0.4, 0.5) is 17.6 Å². The normalized spacial score (nSPS) is 17.3. The van der Waals surface area contributed by atoms with Gasteiger partial charge >= 0.3 is 6.18 Å². The van der Waals surface area contributed by atoms with Crippen molar-refractivity contribution in [1.29, 1.82) is 0 Å². The van der Waals surface area contributed by atoms with E-state index in [9.17, 15) is 17.6 Å². The molecular weight excluding hydrogens is 320 g/mol. The molecule has 0 saturated carbocycles. The van der Waals surface area contributed by atoms with Crippen molar-refractivity contribution in [2.45, 2.75) is 31.2 Å². The van der Waals surface area contributed by atoms with Gasteiger partial charge in [0.15, 0.2) is 6.10 Å². The maximum Gasteiger partial charge on any atom is 0.414 e. The third kappa shape index (κ3) is 3.63. The average Bonchev–Trinajstić information content (AvgIpc) is 2.19. The summed E-state index contributed by atoms with van der Waals surface area (Å²) in [7, 11) is 0. The van der Waals surface area contributed by atoms with E-state index in [1.54, 1.807) is 0 Å². The van der Waals surface area contributed by atoms with Crippen LogP contribution in [0, 0.1) is 5.82 Å². The Kier molecular flexibility index (Phi) is 4.34. The number of alkyl halides is 3. The number of hydrogen-bond acceptors (Lipinski definition) is 3. The maximum atomic E-state index is 13.5. The van der Waals surface area contributed by atoms with Gasteiger partial charge in [-0.2, -0.15) is 13.2 Å². The van der Waals surface area contributed by atoms with Crippen molar-refractivity contribution in [2.75, 3.05) is 0 Å². The van der Waals surface area contributed by atoms with Gasteiger partial charge in [0, 0.05) is 6.42 Å². The summed E-state index contributed by atoms with van der Waals surface area (Å²) in [4.78, 5) is 3.72. The Balaban J connectivity index is 3.02. The molecule has 2 unspecified atom stereocenters. The highest BCUT2D eigenvalue weighted by atomic mass is 79.9. The summed E-state index contributed by atoms with van der Waals surface area (Å²) >= 11 is 2.98. The van der Waals surface area contributed by atoms with Gasteiger partial charge in [-0.15, -0.1) is 0 Å². The first-order chi connectivity index (χ1) is 8.04. The second-order valence-corrected chi connectivity index (χ2v) is 4.96. The third-order valence-corrected chi connectivity index (χ3v) is 2.79. The second-order valence-electron chi connectivity index (χ2n) is 4.14. The smallest absolute Gasteiger partial charge is 0.384 e. The molecule has 1 heterocycles. The Morgan fingerprint density at radius 1 is 1.44 bits per heavy atom. The first-order valence-corrected chi connectivity index (χ1v) is 5.69. The van der Waals surface area contributed by atoms with E-state index in [-0.39, 0.29) is 10.3 Å². The van der Waals surface area contributed by atoms with Gasteiger partial charge in [-0.05, 0) is 35.0 Å². The Morgan fingerprint density at radius 2 is 2.00 bits per heavy atom. The number of hydrogen-bond donors (Lipinski definition) is 2. The van der Waals surface area contributed by atoms with E-state index < -0.39 is 30.1 Å². The van der Waals surface area contributed by atoms with Gasteiger partial charge in [-0.3, -0.25) is 0 Å². The van der Waals surface area contributed by atoms with Crippen molar-refractivity contribution in [1.82, 2.24) is 4.98 Å². The number of nitrogens with zero attached hydrogens (tertiary/aromatic N) is 1. The standard InChI is InChI=1S/C10H11BrF4N2O/c1-9(16,4-6(18)10(13,14)15)8-5(12)2-3-7(11)17-8/h2-3,6,18H,4,16H2,1H3. The third-order valence-electron chi connectivity index (χ3n) is 2.35. The molecule has 0 fully saturated rings. The van der Waals surface area contributed by atoms with Crippen molar-refractivity contribution in [3.63, 3.8) is 0 Å². The molecule has 0 aliphatic rings. The fourth-order valence-corrected chi connectivity index (χ4v) is 1.74. The summed E-state index contributed by atoms with van der Waals surface area (Å²) in [5.74, 6) is -0.822. The molecule has 0 aliphatic carbocycles. The van der Waals surface area contributed by atoms with Crippen LogP contribution in [0.5, 0.6) is 0 Å². The van der Waals surface area contributed by atoms with Crippen LogP contribution in [0.15, 0.2) is 16.7 Å². The van der Waals surface area contributed by atoms with Crippen LogP contribution in [0.2, 0.25) is 0 Å².